The second-order valence-corrected chi connectivity index (χ2v) is 14.0. The van der Waals surface area contributed by atoms with Crippen LogP contribution in [0.4, 0.5) is 8.78 Å². The maximum atomic E-state index is 11.2. The van der Waals surface area contributed by atoms with Gasteiger partial charge in [0.2, 0.25) is 6.43 Å². The molecule has 0 fully saturated rings. The first-order valence-electron chi connectivity index (χ1n) is 12.9. The SMILES string of the molecule is CS(c1ccccc1)(c1ccccc1)c1ccccc1.O=C(O)c1cccc2ccccc12.O=S(=O)(O)CCC(F)F. The van der Waals surface area contributed by atoms with Crippen molar-refractivity contribution in [1.29, 1.82) is 0 Å². The molecule has 220 valence electrons. The smallest absolute Gasteiger partial charge is 0.336 e. The molecule has 5 nitrogen and oxygen atoms in total. The lowest BCUT2D eigenvalue weighted by atomic mass is 10.1. The Labute approximate surface area is 246 Å². The van der Waals surface area contributed by atoms with Crippen LogP contribution in [0.25, 0.3) is 10.8 Å². The second-order valence-electron chi connectivity index (χ2n) is 9.16. The third-order valence-corrected chi connectivity index (χ3v) is 10.7. The van der Waals surface area contributed by atoms with E-state index in [0.717, 1.165) is 10.8 Å². The van der Waals surface area contributed by atoms with Crippen molar-refractivity contribution in [3.8, 4) is 0 Å². The van der Waals surface area contributed by atoms with Crippen molar-refractivity contribution in [2.24, 2.45) is 0 Å². The number of fused-ring (bicyclic) bond motifs is 1. The van der Waals surface area contributed by atoms with Gasteiger partial charge in [0.25, 0.3) is 10.1 Å². The number of benzene rings is 5. The molecule has 5 aromatic rings. The summed E-state index contributed by atoms with van der Waals surface area (Å²) in [6.07, 6.45) is -1.10. The van der Waals surface area contributed by atoms with Crippen LogP contribution in [-0.2, 0) is 10.1 Å². The number of carboxylic acid groups (broad SMARTS) is 1. The van der Waals surface area contributed by atoms with Gasteiger partial charge in [0.15, 0.2) is 0 Å². The van der Waals surface area contributed by atoms with Crippen LogP contribution in [0.15, 0.2) is 148 Å². The molecule has 0 heterocycles. The van der Waals surface area contributed by atoms with Crippen molar-refractivity contribution < 1.29 is 31.7 Å². The minimum absolute atomic E-state index is 0.359. The van der Waals surface area contributed by atoms with Crippen LogP contribution in [0.2, 0.25) is 0 Å². The predicted octanol–water partition coefficient (Wildman–Crippen LogP) is 8.67. The zero-order valence-corrected chi connectivity index (χ0v) is 24.5. The average molecular weight is 611 g/mol. The van der Waals surface area contributed by atoms with Gasteiger partial charge in [-0.25, -0.2) is 13.6 Å². The monoisotopic (exact) mass is 610 g/mol. The highest BCUT2D eigenvalue weighted by Crippen LogP contribution is 2.65. The van der Waals surface area contributed by atoms with Gasteiger partial charge < -0.3 is 5.11 Å². The Kier molecular flexibility index (Phi) is 11.8. The highest BCUT2D eigenvalue weighted by Gasteiger charge is 2.25. The molecule has 0 saturated heterocycles. The first-order valence-corrected chi connectivity index (χ1v) is 16.6. The van der Waals surface area contributed by atoms with Crippen molar-refractivity contribution in [3.63, 3.8) is 0 Å². The molecule has 0 radical (unpaired) electrons. The van der Waals surface area contributed by atoms with Crippen LogP contribution in [0, 0.1) is 0 Å². The van der Waals surface area contributed by atoms with Crippen LogP contribution in [0.3, 0.4) is 0 Å². The van der Waals surface area contributed by atoms with Crippen LogP contribution in [0.5, 0.6) is 0 Å². The summed E-state index contributed by atoms with van der Waals surface area (Å²) in [6.45, 7) is 0. The van der Waals surface area contributed by atoms with Gasteiger partial charge in [-0.3, -0.25) is 4.55 Å². The van der Waals surface area contributed by atoms with E-state index in [2.05, 4.69) is 97.3 Å². The molecule has 5 aromatic carbocycles. The van der Waals surface area contributed by atoms with Gasteiger partial charge in [-0.2, -0.15) is 18.4 Å². The topological polar surface area (TPSA) is 91.7 Å². The van der Waals surface area contributed by atoms with Gasteiger partial charge in [0.05, 0.1) is 11.3 Å². The summed E-state index contributed by atoms with van der Waals surface area (Å²) in [7, 11) is -5.37. The van der Waals surface area contributed by atoms with E-state index in [9.17, 15) is 22.0 Å². The summed E-state index contributed by atoms with van der Waals surface area (Å²) < 4.78 is 49.8. The normalized spacial score (nSPS) is 11.5. The molecule has 42 heavy (non-hydrogen) atoms. The van der Waals surface area contributed by atoms with Crippen molar-refractivity contribution in [2.45, 2.75) is 27.5 Å². The van der Waals surface area contributed by atoms with Gasteiger partial charge in [0, 0.05) is 6.42 Å². The summed E-state index contributed by atoms with van der Waals surface area (Å²) in [4.78, 5) is 15.0. The van der Waals surface area contributed by atoms with Crippen LogP contribution >= 0.6 is 10.0 Å². The first-order chi connectivity index (χ1) is 20.0. The number of halogens is 2. The van der Waals surface area contributed by atoms with Crippen molar-refractivity contribution in [2.75, 3.05) is 12.0 Å². The Morgan fingerprint density at radius 2 is 1.07 bits per heavy atom. The van der Waals surface area contributed by atoms with Gasteiger partial charge in [-0.05, 0) is 74.2 Å². The van der Waals surface area contributed by atoms with Gasteiger partial charge >= 0.3 is 5.97 Å². The summed E-state index contributed by atoms with van der Waals surface area (Å²) in [5.41, 5.74) is 0.359. The predicted molar refractivity (Wildman–Crippen MR) is 166 cm³/mol. The van der Waals surface area contributed by atoms with Gasteiger partial charge in [0.1, 0.15) is 0 Å². The Hall–Kier alpha value is -4.05. The molecule has 2 N–H and O–H groups in total. The molecule has 0 atom stereocenters. The fourth-order valence-corrected chi connectivity index (χ4v) is 7.53. The molecular formula is C33H32F2O5S2. The molecule has 9 heteroatoms. The lowest BCUT2D eigenvalue weighted by Gasteiger charge is -2.37. The lowest BCUT2D eigenvalue weighted by molar-refractivity contribution is 0.0699. The summed E-state index contributed by atoms with van der Waals surface area (Å²) >= 11 is 0. The maximum Gasteiger partial charge on any atom is 0.336 e. The minimum Gasteiger partial charge on any atom is -0.478 e. The third kappa shape index (κ3) is 9.24. The van der Waals surface area contributed by atoms with E-state index in [1.807, 2.05) is 30.3 Å². The van der Waals surface area contributed by atoms with Crippen molar-refractivity contribution in [1.82, 2.24) is 0 Å². The molecule has 0 spiro atoms. The lowest BCUT2D eigenvalue weighted by Crippen LogP contribution is -2.07. The maximum absolute atomic E-state index is 11.2. The molecule has 0 aliphatic carbocycles. The number of aromatic carboxylic acids is 1. The Morgan fingerprint density at radius 1 is 0.667 bits per heavy atom. The molecule has 0 unspecified atom stereocenters. The summed E-state index contributed by atoms with van der Waals surface area (Å²) in [5.74, 6) is -1.75. The number of carbonyl (C=O) groups is 1. The zero-order chi connectivity index (χ0) is 30.6. The average Bonchev–Trinajstić information content (AvgIpc) is 3.01. The first kappa shape index (κ1) is 32.5. The second kappa shape index (κ2) is 15.3. The van der Waals surface area contributed by atoms with Crippen LogP contribution in [0.1, 0.15) is 16.8 Å². The van der Waals surface area contributed by atoms with E-state index < -0.39 is 44.7 Å². The Bertz CT molecular complexity index is 1560. The quantitative estimate of drug-likeness (QED) is 0.180. The Morgan fingerprint density at radius 3 is 1.45 bits per heavy atom. The van der Waals surface area contributed by atoms with E-state index in [1.165, 1.54) is 14.7 Å². The Balaban J connectivity index is 0.000000190. The molecule has 5 rings (SSSR count). The van der Waals surface area contributed by atoms with E-state index in [4.69, 9.17) is 9.66 Å². The van der Waals surface area contributed by atoms with E-state index >= 15 is 0 Å². The third-order valence-electron chi connectivity index (χ3n) is 6.26. The highest BCUT2D eigenvalue weighted by molar-refractivity contribution is 8.33. The minimum atomic E-state index is -4.20. The molecule has 0 aromatic heterocycles. The van der Waals surface area contributed by atoms with E-state index in [-0.39, 0.29) is 0 Å². The molecule has 0 aliphatic rings. The highest BCUT2D eigenvalue weighted by atomic mass is 32.3. The number of alkyl halides is 2. The summed E-state index contributed by atoms with van der Waals surface area (Å²) in [6, 6.07) is 45.2. The number of carboxylic acids is 1. The van der Waals surface area contributed by atoms with Crippen LogP contribution in [-0.4, -0.2) is 42.5 Å². The number of hydrogen-bond acceptors (Lipinski definition) is 3. The number of hydrogen-bond donors (Lipinski definition) is 2. The fourth-order valence-electron chi connectivity index (χ4n) is 4.14. The molecular weight excluding hydrogens is 578 g/mol. The van der Waals surface area contributed by atoms with Crippen molar-refractivity contribution in [3.05, 3.63) is 139 Å². The molecule has 0 bridgehead atoms. The van der Waals surface area contributed by atoms with Crippen LogP contribution < -0.4 is 0 Å². The summed E-state index contributed by atoms with van der Waals surface area (Å²) in [5, 5.41) is 10.6. The van der Waals surface area contributed by atoms with Crippen molar-refractivity contribution >= 4 is 36.9 Å². The number of rotatable bonds is 7. The van der Waals surface area contributed by atoms with E-state index in [1.54, 1.807) is 12.1 Å². The molecule has 0 saturated carbocycles. The fraction of sp³-hybridized carbons (Fsp3) is 0.121. The largest absolute Gasteiger partial charge is 0.478 e. The zero-order valence-electron chi connectivity index (χ0n) is 22.9. The van der Waals surface area contributed by atoms with Gasteiger partial charge in [-0.1, -0.05) is 91.0 Å². The standard InChI is InChI=1S/C19H18S.C11H8O2.C3H6F2O3S/c1-20(17-11-5-2-6-12-17,18-13-7-3-8-14-18)19-15-9-4-10-16-19;12-11(13)10-7-3-5-8-4-1-2-6-9(8)10;4-3(5)1-2-9(6,7)8/h2-16H,1H3;1-7H,(H,12,13);3H,1-2H2,(H,6,7,8). The molecule has 0 aliphatic heterocycles. The molecule has 0 amide bonds. The van der Waals surface area contributed by atoms with E-state index in [0.29, 0.717) is 5.56 Å². The van der Waals surface area contributed by atoms with Gasteiger partial charge in [-0.15, -0.1) is 0 Å².